The Balaban J connectivity index is 1.10. The molecule has 42 heavy (non-hydrogen) atoms. The fourth-order valence-electron chi connectivity index (χ4n) is 6.31. The summed E-state index contributed by atoms with van der Waals surface area (Å²) < 4.78 is 0. The van der Waals surface area contributed by atoms with Crippen LogP contribution in [-0.2, 0) is 11.2 Å². The number of benzene rings is 4. The molecule has 6 rings (SSSR count). The molecule has 0 radical (unpaired) electrons. The number of carbonyl (C=O) groups excluding carboxylic acids is 2. The van der Waals surface area contributed by atoms with Crippen LogP contribution < -0.4 is 5.32 Å². The van der Waals surface area contributed by atoms with Crippen molar-refractivity contribution in [3.63, 3.8) is 0 Å². The van der Waals surface area contributed by atoms with Gasteiger partial charge in [0.1, 0.15) is 5.78 Å². The summed E-state index contributed by atoms with van der Waals surface area (Å²) in [6.07, 6.45) is 5.75. The molecular formula is C38H36N2O2. The number of hydrogen-bond acceptors (Lipinski definition) is 3. The molecule has 4 nitrogen and oxygen atoms in total. The van der Waals surface area contributed by atoms with Crippen LogP contribution in [0.3, 0.4) is 0 Å². The number of aromatic nitrogens is 1. The zero-order chi connectivity index (χ0) is 28.9. The van der Waals surface area contributed by atoms with Crippen molar-refractivity contribution in [2.24, 2.45) is 5.92 Å². The van der Waals surface area contributed by atoms with E-state index in [1.807, 2.05) is 79.7 Å². The summed E-state index contributed by atoms with van der Waals surface area (Å²) in [6, 6.07) is 36.5. The number of rotatable bonds is 8. The third-order valence-corrected chi connectivity index (χ3v) is 8.54. The second-order valence-electron chi connectivity index (χ2n) is 11.6. The van der Waals surface area contributed by atoms with Gasteiger partial charge in [0, 0.05) is 29.6 Å². The summed E-state index contributed by atoms with van der Waals surface area (Å²) in [5.41, 5.74) is 7.74. The number of amides is 1. The maximum atomic E-state index is 13.1. The molecule has 1 N–H and O–H groups in total. The summed E-state index contributed by atoms with van der Waals surface area (Å²) in [7, 11) is 0. The van der Waals surface area contributed by atoms with E-state index in [1.165, 1.54) is 5.56 Å². The van der Waals surface area contributed by atoms with Crippen LogP contribution >= 0.6 is 0 Å². The predicted molar refractivity (Wildman–Crippen MR) is 171 cm³/mol. The van der Waals surface area contributed by atoms with Crippen LogP contribution in [0.1, 0.15) is 65.2 Å². The highest BCUT2D eigenvalue weighted by Gasteiger charge is 2.24. The highest BCUT2D eigenvalue weighted by atomic mass is 16.1. The number of aryl methyl sites for hydroxylation is 1. The second kappa shape index (κ2) is 12.5. The normalized spacial score (nSPS) is 16.7. The summed E-state index contributed by atoms with van der Waals surface area (Å²) in [4.78, 5) is 30.5. The molecule has 1 amide bonds. The van der Waals surface area contributed by atoms with Gasteiger partial charge in [-0.15, -0.1) is 0 Å². The standard InChI is InChI=1S/C38H36N2O2/c1-26-22-36(38(42)40-33-10-6-3-7-11-33)35-21-20-32(25-37(35)39-26)31-18-16-30(17-19-31)29-14-12-28(13-15-29)24-34(41)23-27-8-4-2-5-9-27/h2-11,16-22,25,28-29H,12-15,23-24H2,1H3,(H,40,42). The van der Waals surface area contributed by atoms with Gasteiger partial charge in [0.05, 0.1) is 11.1 Å². The van der Waals surface area contributed by atoms with E-state index >= 15 is 0 Å². The average Bonchev–Trinajstić information content (AvgIpc) is 3.02. The van der Waals surface area contributed by atoms with Crippen molar-refractivity contribution in [2.45, 2.75) is 51.4 Å². The van der Waals surface area contributed by atoms with Gasteiger partial charge in [-0.1, -0.05) is 84.9 Å². The number of carbonyl (C=O) groups is 2. The predicted octanol–water partition coefficient (Wildman–Crippen LogP) is 8.94. The van der Waals surface area contributed by atoms with Gasteiger partial charge in [0.25, 0.3) is 5.91 Å². The van der Waals surface area contributed by atoms with Crippen LogP contribution in [0.2, 0.25) is 0 Å². The lowest BCUT2D eigenvalue weighted by Gasteiger charge is -2.28. The second-order valence-corrected chi connectivity index (χ2v) is 11.6. The molecule has 1 aliphatic carbocycles. The summed E-state index contributed by atoms with van der Waals surface area (Å²) in [5, 5.41) is 3.84. The number of anilines is 1. The van der Waals surface area contributed by atoms with Crippen LogP contribution in [0.5, 0.6) is 0 Å². The summed E-state index contributed by atoms with van der Waals surface area (Å²) in [6.45, 7) is 1.92. The Labute approximate surface area is 247 Å². The highest BCUT2D eigenvalue weighted by Crippen LogP contribution is 2.38. The zero-order valence-corrected chi connectivity index (χ0v) is 24.1. The van der Waals surface area contributed by atoms with Crippen LogP contribution in [0, 0.1) is 12.8 Å². The largest absolute Gasteiger partial charge is 0.322 e. The van der Waals surface area contributed by atoms with E-state index in [9.17, 15) is 9.59 Å². The highest BCUT2D eigenvalue weighted by molar-refractivity contribution is 6.12. The van der Waals surface area contributed by atoms with E-state index in [4.69, 9.17) is 4.98 Å². The summed E-state index contributed by atoms with van der Waals surface area (Å²) >= 11 is 0. The molecule has 1 aliphatic rings. The molecular weight excluding hydrogens is 516 g/mol. The first-order valence-corrected chi connectivity index (χ1v) is 15.0. The van der Waals surface area contributed by atoms with Gasteiger partial charge in [-0.2, -0.15) is 0 Å². The minimum absolute atomic E-state index is 0.135. The summed E-state index contributed by atoms with van der Waals surface area (Å²) in [5.74, 6) is 1.28. The molecule has 0 bridgehead atoms. The number of pyridine rings is 1. The van der Waals surface area contributed by atoms with Gasteiger partial charge >= 0.3 is 0 Å². The number of ketones is 1. The fraction of sp³-hybridized carbons (Fsp3) is 0.237. The van der Waals surface area contributed by atoms with Gasteiger partial charge < -0.3 is 5.32 Å². The molecule has 1 fully saturated rings. The van der Waals surface area contributed by atoms with E-state index in [1.54, 1.807) is 0 Å². The molecule has 1 saturated carbocycles. The lowest BCUT2D eigenvalue weighted by molar-refractivity contribution is -0.119. The van der Waals surface area contributed by atoms with E-state index in [0.29, 0.717) is 36.0 Å². The Morgan fingerprint density at radius 1 is 0.762 bits per heavy atom. The average molecular weight is 553 g/mol. The van der Waals surface area contributed by atoms with Crippen LogP contribution in [0.15, 0.2) is 109 Å². The maximum absolute atomic E-state index is 13.1. The van der Waals surface area contributed by atoms with Crippen molar-refractivity contribution in [1.29, 1.82) is 0 Å². The SMILES string of the molecule is Cc1cc(C(=O)Nc2ccccc2)c2ccc(-c3ccc(C4CCC(CC(=O)Cc5ccccc5)CC4)cc3)cc2n1. The monoisotopic (exact) mass is 552 g/mol. The van der Waals surface area contributed by atoms with Crippen molar-refractivity contribution < 1.29 is 9.59 Å². The van der Waals surface area contributed by atoms with Crippen molar-refractivity contribution >= 4 is 28.3 Å². The Hall–Kier alpha value is -4.57. The van der Waals surface area contributed by atoms with Crippen molar-refractivity contribution in [3.8, 4) is 11.1 Å². The number of hydrogen-bond donors (Lipinski definition) is 1. The molecule has 5 aromatic rings. The minimum atomic E-state index is -0.135. The van der Waals surface area contributed by atoms with Crippen molar-refractivity contribution in [3.05, 3.63) is 132 Å². The first kappa shape index (κ1) is 27.6. The number of nitrogens with zero attached hydrogens (tertiary/aromatic N) is 1. The molecule has 1 aromatic heterocycles. The maximum Gasteiger partial charge on any atom is 0.256 e. The van der Waals surface area contributed by atoms with Crippen LogP contribution in [-0.4, -0.2) is 16.7 Å². The first-order valence-electron chi connectivity index (χ1n) is 15.0. The van der Waals surface area contributed by atoms with Gasteiger partial charge in [0.15, 0.2) is 0 Å². The molecule has 4 aromatic carbocycles. The Bertz CT molecular complexity index is 1690. The van der Waals surface area contributed by atoms with E-state index < -0.39 is 0 Å². The molecule has 0 atom stereocenters. The lowest BCUT2D eigenvalue weighted by Crippen LogP contribution is -2.17. The van der Waals surface area contributed by atoms with Gasteiger partial charge in [-0.25, -0.2) is 0 Å². The molecule has 0 unspecified atom stereocenters. The molecule has 1 heterocycles. The molecule has 0 aliphatic heterocycles. The van der Waals surface area contributed by atoms with Crippen molar-refractivity contribution in [1.82, 2.24) is 4.98 Å². The van der Waals surface area contributed by atoms with Crippen molar-refractivity contribution in [2.75, 3.05) is 5.32 Å². The van der Waals surface area contributed by atoms with Gasteiger partial charge in [0.2, 0.25) is 0 Å². The number of nitrogens with one attached hydrogen (secondary N) is 1. The van der Waals surface area contributed by atoms with Crippen LogP contribution in [0.4, 0.5) is 5.69 Å². The van der Waals surface area contributed by atoms with Gasteiger partial charge in [-0.05, 0) is 91.0 Å². The lowest BCUT2D eigenvalue weighted by atomic mass is 9.76. The third-order valence-electron chi connectivity index (χ3n) is 8.54. The minimum Gasteiger partial charge on any atom is -0.322 e. The topological polar surface area (TPSA) is 59.1 Å². The van der Waals surface area contributed by atoms with E-state index in [0.717, 1.165) is 64.7 Å². The van der Waals surface area contributed by atoms with Gasteiger partial charge in [-0.3, -0.25) is 14.6 Å². The molecule has 0 saturated heterocycles. The number of para-hydroxylation sites is 1. The number of fused-ring (bicyclic) bond motifs is 1. The quantitative estimate of drug-likeness (QED) is 0.209. The Morgan fingerprint density at radius 2 is 1.43 bits per heavy atom. The van der Waals surface area contributed by atoms with E-state index in [-0.39, 0.29) is 5.91 Å². The molecule has 4 heteroatoms. The van der Waals surface area contributed by atoms with Crippen LogP contribution in [0.25, 0.3) is 22.0 Å². The van der Waals surface area contributed by atoms with E-state index in [2.05, 4.69) is 41.7 Å². The smallest absolute Gasteiger partial charge is 0.256 e. The Kier molecular flexibility index (Phi) is 8.23. The molecule has 210 valence electrons. The third kappa shape index (κ3) is 6.49. The number of Topliss-reactive ketones (excluding diaryl/α,β-unsaturated/α-hetero) is 1. The fourth-order valence-corrected chi connectivity index (χ4v) is 6.31. The molecule has 0 spiro atoms. The first-order chi connectivity index (χ1) is 20.5. The Morgan fingerprint density at radius 3 is 2.14 bits per heavy atom. The zero-order valence-electron chi connectivity index (χ0n) is 24.1.